The van der Waals surface area contributed by atoms with Crippen LogP contribution in [0.15, 0.2) is 191 Å². The summed E-state index contributed by atoms with van der Waals surface area (Å²) in [5.74, 6) is 0.597. The molecule has 10 rings (SSSR count). The average molecular weight is 655 g/mol. The van der Waals surface area contributed by atoms with Crippen LogP contribution in [0.25, 0.3) is 77.5 Å². The number of nitrogens with zero attached hydrogens (tertiary/aromatic N) is 2. The van der Waals surface area contributed by atoms with Gasteiger partial charge in [-0.3, -0.25) is 0 Å². The summed E-state index contributed by atoms with van der Waals surface area (Å²) in [4.78, 5) is 7.27. The van der Waals surface area contributed by atoms with E-state index in [0.29, 0.717) is 5.89 Å². The van der Waals surface area contributed by atoms with Crippen molar-refractivity contribution in [2.75, 3.05) is 4.90 Å². The maximum absolute atomic E-state index is 6.57. The van der Waals surface area contributed by atoms with Crippen LogP contribution in [0.1, 0.15) is 0 Å². The van der Waals surface area contributed by atoms with Crippen LogP contribution >= 0.6 is 0 Å². The Morgan fingerprint density at radius 1 is 0.412 bits per heavy atom. The summed E-state index contributed by atoms with van der Waals surface area (Å²) in [6, 6.07) is 63.5. The highest BCUT2D eigenvalue weighted by Gasteiger charge is 2.21. The summed E-state index contributed by atoms with van der Waals surface area (Å²) in [5.41, 5.74) is 11.8. The molecular weight excluding hydrogens is 625 g/mol. The van der Waals surface area contributed by atoms with E-state index in [-0.39, 0.29) is 0 Å². The molecule has 4 nitrogen and oxygen atoms in total. The fourth-order valence-corrected chi connectivity index (χ4v) is 7.21. The number of oxazole rings is 1. The van der Waals surface area contributed by atoms with Gasteiger partial charge in [-0.2, -0.15) is 0 Å². The van der Waals surface area contributed by atoms with Crippen molar-refractivity contribution in [2.24, 2.45) is 0 Å². The third-order valence-electron chi connectivity index (χ3n) is 9.69. The molecule has 0 N–H and O–H groups in total. The van der Waals surface area contributed by atoms with Gasteiger partial charge in [-0.1, -0.05) is 115 Å². The molecule has 0 saturated carbocycles. The molecule has 10 aromatic rings. The van der Waals surface area contributed by atoms with Gasteiger partial charge in [-0.15, -0.1) is 0 Å². The van der Waals surface area contributed by atoms with Crippen LogP contribution in [-0.2, 0) is 0 Å². The molecule has 0 atom stereocenters. The lowest BCUT2D eigenvalue weighted by atomic mass is 9.98. The number of anilines is 3. The first-order chi connectivity index (χ1) is 25.3. The van der Waals surface area contributed by atoms with E-state index in [0.717, 1.165) is 66.8 Å². The Hall–Kier alpha value is -6.91. The van der Waals surface area contributed by atoms with Crippen LogP contribution in [0.2, 0.25) is 0 Å². The van der Waals surface area contributed by atoms with Gasteiger partial charge in [0, 0.05) is 34.0 Å². The molecule has 0 bridgehead atoms. The minimum atomic E-state index is 0.597. The second-order valence-electron chi connectivity index (χ2n) is 12.8. The lowest BCUT2D eigenvalue weighted by Crippen LogP contribution is -2.11. The van der Waals surface area contributed by atoms with Crippen molar-refractivity contribution in [1.29, 1.82) is 0 Å². The molecule has 0 spiro atoms. The van der Waals surface area contributed by atoms with Crippen LogP contribution in [-0.4, -0.2) is 4.98 Å². The van der Waals surface area contributed by atoms with Gasteiger partial charge in [0.1, 0.15) is 16.7 Å². The fraction of sp³-hybridized carbons (Fsp3) is 0. The van der Waals surface area contributed by atoms with Crippen LogP contribution in [0.5, 0.6) is 0 Å². The van der Waals surface area contributed by atoms with Crippen molar-refractivity contribution in [2.45, 2.75) is 0 Å². The van der Waals surface area contributed by atoms with Gasteiger partial charge in [0.25, 0.3) is 0 Å². The molecule has 4 heteroatoms. The zero-order chi connectivity index (χ0) is 33.7. The average Bonchev–Trinajstić information content (AvgIpc) is 3.81. The Balaban J connectivity index is 1.15. The Morgan fingerprint density at radius 2 is 1.06 bits per heavy atom. The van der Waals surface area contributed by atoms with Crippen molar-refractivity contribution in [3.8, 4) is 33.7 Å². The normalized spacial score (nSPS) is 11.5. The van der Waals surface area contributed by atoms with Gasteiger partial charge in [-0.05, 0) is 88.1 Å². The van der Waals surface area contributed by atoms with E-state index in [1.807, 2.05) is 48.5 Å². The van der Waals surface area contributed by atoms with Gasteiger partial charge in [0.15, 0.2) is 5.58 Å². The summed E-state index contributed by atoms with van der Waals surface area (Å²) in [5, 5.41) is 4.38. The predicted molar refractivity (Wildman–Crippen MR) is 210 cm³/mol. The number of hydrogen-bond acceptors (Lipinski definition) is 4. The van der Waals surface area contributed by atoms with Crippen molar-refractivity contribution >= 4 is 60.9 Å². The first kappa shape index (κ1) is 29.0. The van der Waals surface area contributed by atoms with Crippen LogP contribution in [0.3, 0.4) is 0 Å². The summed E-state index contributed by atoms with van der Waals surface area (Å²) in [6.07, 6.45) is 0. The highest BCUT2D eigenvalue weighted by molar-refractivity contribution is 6.17. The number of fused-ring (bicyclic) bond motifs is 6. The topological polar surface area (TPSA) is 42.4 Å². The van der Waals surface area contributed by atoms with E-state index < -0.39 is 0 Å². The summed E-state index contributed by atoms with van der Waals surface area (Å²) >= 11 is 0. The second-order valence-corrected chi connectivity index (χ2v) is 12.8. The van der Waals surface area contributed by atoms with Crippen LogP contribution < -0.4 is 4.90 Å². The monoisotopic (exact) mass is 654 g/mol. The number of furan rings is 1. The maximum atomic E-state index is 6.57. The van der Waals surface area contributed by atoms with Crippen LogP contribution in [0.4, 0.5) is 17.1 Å². The molecule has 51 heavy (non-hydrogen) atoms. The molecule has 0 radical (unpaired) electrons. The molecule has 2 heterocycles. The van der Waals surface area contributed by atoms with E-state index in [4.69, 9.17) is 13.8 Å². The maximum Gasteiger partial charge on any atom is 0.227 e. The minimum Gasteiger partial charge on any atom is -0.456 e. The fourth-order valence-electron chi connectivity index (χ4n) is 7.21. The van der Waals surface area contributed by atoms with Crippen molar-refractivity contribution < 1.29 is 8.83 Å². The standard InChI is InChI=1S/C47H30N2O2/c1-3-11-31(12-4-1)33-21-23-37(24-22-33)49(41-18-10-9-17-39(41)36-20-19-32-13-7-8-16-35(32)29-36)38-25-26-40-44(30-38)50-42-27-28-43-46(45(40)42)48-47(51-43)34-14-5-2-6-15-34/h1-30H. The zero-order valence-corrected chi connectivity index (χ0v) is 27.5. The number of aromatic nitrogens is 1. The third kappa shape index (κ3) is 5.04. The molecular formula is C47H30N2O2. The molecule has 0 fully saturated rings. The van der Waals surface area contributed by atoms with Crippen molar-refractivity contribution in [3.05, 3.63) is 182 Å². The van der Waals surface area contributed by atoms with Gasteiger partial charge >= 0.3 is 0 Å². The van der Waals surface area contributed by atoms with Crippen molar-refractivity contribution in [3.63, 3.8) is 0 Å². The largest absolute Gasteiger partial charge is 0.456 e. The van der Waals surface area contributed by atoms with Crippen LogP contribution in [0, 0.1) is 0 Å². The summed E-state index contributed by atoms with van der Waals surface area (Å²) in [6.45, 7) is 0. The second kappa shape index (κ2) is 11.9. The first-order valence-corrected chi connectivity index (χ1v) is 17.1. The number of benzene rings is 8. The number of para-hydroxylation sites is 1. The van der Waals surface area contributed by atoms with E-state index in [9.17, 15) is 0 Å². The van der Waals surface area contributed by atoms with Gasteiger partial charge in [-0.25, -0.2) is 4.98 Å². The number of hydrogen-bond donors (Lipinski definition) is 0. The first-order valence-electron chi connectivity index (χ1n) is 17.1. The van der Waals surface area contributed by atoms with E-state index in [1.54, 1.807) is 0 Å². The molecule has 0 saturated heterocycles. The number of rotatable bonds is 6. The molecule has 0 aliphatic rings. The molecule has 2 aromatic heterocycles. The summed E-state index contributed by atoms with van der Waals surface area (Å²) < 4.78 is 12.8. The quantitative estimate of drug-likeness (QED) is 0.179. The summed E-state index contributed by atoms with van der Waals surface area (Å²) in [7, 11) is 0. The van der Waals surface area contributed by atoms with E-state index >= 15 is 0 Å². The predicted octanol–water partition coefficient (Wildman–Crippen LogP) is 13.4. The highest BCUT2D eigenvalue weighted by atomic mass is 16.4. The Bertz CT molecular complexity index is 2850. The van der Waals surface area contributed by atoms with Gasteiger partial charge in [0.05, 0.1) is 11.1 Å². The van der Waals surface area contributed by atoms with Gasteiger partial charge in [0.2, 0.25) is 5.89 Å². The Morgan fingerprint density at radius 3 is 1.88 bits per heavy atom. The zero-order valence-electron chi connectivity index (χ0n) is 27.5. The molecule has 0 aliphatic heterocycles. The molecule has 0 amide bonds. The minimum absolute atomic E-state index is 0.597. The van der Waals surface area contributed by atoms with E-state index in [1.165, 1.54) is 21.9 Å². The molecule has 8 aromatic carbocycles. The highest BCUT2D eigenvalue weighted by Crippen LogP contribution is 2.44. The smallest absolute Gasteiger partial charge is 0.227 e. The molecule has 0 aliphatic carbocycles. The molecule has 0 unspecified atom stereocenters. The lowest BCUT2D eigenvalue weighted by Gasteiger charge is -2.28. The lowest BCUT2D eigenvalue weighted by molar-refractivity contribution is 0.619. The van der Waals surface area contributed by atoms with E-state index in [2.05, 4.69) is 138 Å². The third-order valence-corrected chi connectivity index (χ3v) is 9.69. The Kier molecular flexibility index (Phi) is 6.78. The SMILES string of the molecule is c1ccc(-c2ccc(N(c3ccc4c(c3)oc3ccc5oc(-c6ccccc6)nc5c34)c3ccccc3-c3ccc4ccccc4c3)cc2)cc1. The molecule has 240 valence electrons. The van der Waals surface area contributed by atoms with Gasteiger partial charge < -0.3 is 13.7 Å². The van der Waals surface area contributed by atoms with Crippen molar-refractivity contribution in [1.82, 2.24) is 4.98 Å². The Labute approximate surface area is 294 Å².